The molecule has 9 nitrogen and oxygen atoms in total. The quantitative estimate of drug-likeness (QED) is 0.389. The highest BCUT2D eigenvalue weighted by Crippen LogP contribution is 2.34. The largest absolute Gasteiger partial charge is 0.493 e. The molecule has 1 amide bonds. The fraction of sp³-hybridized carbons (Fsp3) is 0.240. The summed E-state index contributed by atoms with van der Waals surface area (Å²) in [5.74, 6) is 1.51. The number of carbonyl (C=O) groups is 1. The van der Waals surface area contributed by atoms with E-state index in [1.807, 2.05) is 47.1 Å². The van der Waals surface area contributed by atoms with Crippen LogP contribution in [0.1, 0.15) is 23.2 Å². The van der Waals surface area contributed by atoms with Crippen molar-refractivity contribution in [3.05, 3.63) is 66.6 Å². The lowest BCUT2D eigenvalue weighted by molar-refractivity contribution is 0.100. The summed E-state index contributed by atoms with van der Waals surface area (Å²) in [4.78, 5) is 20.6. The van der Waals surface area contributed by atoms with E-state index in [0.29, 0.717) is 22.8 Å². The lowest BCUT2D eigenvalue weighted by atomic mass is 10.1. The summed E-state index contributed by atoms with van der Waals surface area (Å²) in [6, 6.07) is 12.8. The topological polar surface area (TPSA) is 116 Å². The van der Waals surface area contributed by atoms with Gasteiger partial charge >= 0.3 is 0 Å². The maximum atomic E-state index is 11.4. The number of hydrogen-bond acceptors (Lipinski definition) is 7. The number of amides is 1. The molecule has 0 spiro atoms. The molecule has 1 aliphatic rings. The predicted molar refractivity (Wildman–Crippen MR) is 130 cm³/mol. The Bertz CT molecular complexity index is 1310. The van der Waals surface area contributed by atoms with Crippen LogP contribution in [0.25, 0.3) is 16.9 Å². The van der Waals surface area contributed by atoms with Crippen LogP contribution in [0.5, 0.6) is 11.5 Å². The van der Waals surface area contributed by atoms with Crippen LogP contribution in [0, 0.1) is 0 Å². The lowest BCUT2D eigenvalue weighted by Gasteiger charge is -2.24. The number of imidazole rings is 1. The molecule has 5 rings (SSSR count). The van der Waals surface area contributed by atoms with Crippen LogP contribution in [0.4, 0.5) is 11.5 Å². The Morgan fingerprint density at radius 3 is 2.68 bits per heavy atom. The van der Waals surface area contributed by atoms with E-state index in [4.69, 9.17) is 20.2 Å². The molecule has 0 bridgehead atoms. The van der Waals surface area contributed by atoms with Crippen molar-refractivity contribution in [2.24, 2.45) is 5.73 Å². The van der Waals surface area contributed by atoms with Gasteiger partial charge in [-0.25, -0.2) is 9.97 Å². The van der Waals surface area contributed by atoms with Crippen molar-refractivity contribution < 1.29 is 14.3 Å². The molecule has 174 valence electrons. The number of benzene rings is 2. The van der Waals surface area contributed by atoms with Crippen molar-refractivity contribution in [1.29, 1.82) is 0 Å². The number of fused-ring (bicyclic) bond motifs is 1. The van der Waals surface area contributed by atoms with Crippen molar-refractivity contribution in [3.63, 3.8) is 0 Å². The van der Waals surface area contributed by atoms with Crippen molar-refractivity contribution in [3.8, 4) is 22.8 Å². The molecule has 4 N–H and O–H groups in total. The monoisotopic (exact) mass is 458 g/mol. The maximum Gasteiger partial charge on any atom is 0.248 e. The standard InChI is InChI=1S/C25H26N6O3/c1-33-22-14-18(6-7-21(22)34-19-8-10-27-11-9-19)29-24-25-28-12-13-31(25)15-20(30-24)16-2-4-17(5-3-16)23(26)32/h2-7,12-15,19,27H,8-11H2,1H3,(H2,26,32)(H,29,30). The summed E-state index contributed by atoms with van der Waals surface area (Å²) in [6.07, 6.45) is 7.59. The number of nitrogens with one attached hydrogen (secondary N) is 2. The SMILES string of the molecule is COc1cc(Nc2nc(-c3ccc(C(N)=O)cc3)cn3ccnc23)ccc1OC1CCNCC1. The van der Waals surface area contributed by atoms with E-state index >= 15 is 0 Å². The van der Waals surface area contributed by atoms with Gasteiger partial charge in [0.05, 0.1) is 12.8 Å². The van der Waals surface area contributed by atoms with Crippen LogP contribution in [-0.4, -0.2) is 46.6 Å². The Kier molecular flexibility index (Phi) is 6.01. The second kappa shape index (κ2) is 9.40. The number of nitrogens with two attached hydrogens (primary N) is 1. The molecule has 1 fully saturated rings. The van der Waals surface area contributed by atoms with Gasteiger partial charge in [0.25, 0.3) is 0 Å². The zero-order chi connectivity index (χ0) is 23.5. The highest BCUT2D eigenvalue weighted by atomic mass is 16.5. The second-order valence-corrected chi connectivity index (χ2v) is 8.13. The minimum atomic E-state index is -0.464. The third-order valence-electron chi connectivity index (χ3n) is 5.85. The Balaban J connectivity index is 1.44. The van der Waals surface area contributed by atoms with E-state index < -0.39 is 5.91 Å². The third kappa shape index (κ3) is 4.51. The fourth-order valence-electron chi connectivity index (χ4n) is 4.03. The van der Waals surface area contributed by atoms with Crippen LogP contribution in [0.2, 0.25) is 0 Å². The van der Waals surface area contributed by atoms with Gasteiger partial charge in [0.15, 0.2) is 23.0 Å². The molecular weight excluding hydrogens is 432 g/mol. The lowest BCUT2D eigenvalue weighted by Crippen LogP contribution is -2.34. The van der Waals surface area contributed by atoms with E-state index in [1.165, 1.54) is 0 Å². The number of hydrogen-bond donors (Lipinski definition) is 3. The first kappa shape index (κ1) is 21.7. The number of aromatic nitrogens is 3. The Hall–Kier alpha value is -4.11. The molecule has 2 aromatic heterocycles. The first-order valence-corrected chi connectivity index (χ1v) is 11.2. The third-order valence-corrected chi connectivity index (χ3v) is 5.85. The molecular formula is C25H26N6O3. The van der Waals surface area contributed by atoms with Crippen LogP contribution in [-0.2, 0) is 0 Å². The van der Waals surface area contributed by atoms with Crippen molar-refractivity contribution >= 4 is 23.1 Å². The van der Waals surface area contributed by atoms with Crippen molar-refractivity contribution in [2.75, 3.05) is 25.5 Å². The van der Waals surface area contributed by atoms with Gasteiger partial charge in [-0.1, -0.05) is 12.1 Å². The van der Waals surface area contributed by atoms with E-state index in [1.54, 1.807) is 25.4 Å². The molecule has 0 saturated carbocycles. The molecule has 0 unspecified atom stereocenters. The van der Waals surface area contributed by atoms with Crippen LogP contribution in [0.15, 0.2) is 61.1 Å². The van der Waals surface area contributed by atoms with Gasteiger partial charge in [0, 0.05) is 41.5 Å². The molecule has 0 aliphatic carbocycles. The molecule has 1 saturated heterocycles. The number of nitrogens with zero attached hydrogens (tertiary/aromatic N) is 3. The first-order valence-electron chi connectivity index (χ1n) is 11.2. The summed E-state index contributed by atoms with van der Waals surface area (Å²) in [5, 5.41) is 6.71. The number of carbonyl (C=O) groups excluding carboxylic acids is 1. The summed E-state index contributed by atoms with van der Waals surface area (Å²) in [6.45, 7) is 1.92. The van der Waals surface area contributed by atoms with E-state index in [9.17, 15) is 4.79 Å². The number of methoxy groups -OCH3 is 1. The van der Waals surface area contributed by atoms with Crippen LogP contribution < -0.4 is 25.8 Å². The van der Waals surface area contributed by atoms with Crippen LogP contribution in [0.3, 0.4) is 0 Å². The highest BCUT2D eigenvalue weighted by Gasteiger charge is 2.17. The summed E-state index contributed by atoms with van der Waals surface area (Å²) in [7, 11) is 1.63. The first-order chi connectivity index (χ1) is 16.6. The zero-order valence-electron chi connectivity index (χ0n) is 18.8. The summed E-state index contributed by atoms with van der Waals surface area (Å²) >= 11 is 0. The number of primary amides is 1. The van der Waals surface area contributed by atoms with Gasteiger partial charge in [-0.2, -0.15) is 0 Å². The molecule has 2 aromatic carbocycles. The molecule has 9 heteroatoms. The maximum absolute atomic E-state index is 11.4. The average Bonchev–Trinajstić information content (AvgIpc) is 3.35. The van der Waals surface area contributed by atoms with E-state index in [0.717, 1.165) is 48.6 Å². The number of piperidine rings is 1. The molecule has 4 aromatic rings. The van der Waals surface area contributed by atoms with Gasteiger partial charge in [0.2, 0.25) is 5.91 Å². The molecule has 0 radical (unpaired) electrons. The number of ether oxygens (including phenoxy) is 2. The van der Waals surface area contributed by atoms with Crippen LogP contribution >= 0.6 is 0 Å². The van der Waals surface area contributed by atoms with Crippen molar-refractivity contribution in [2.45, 2.75) is 18.9 Å². The normalized spacial score (nSPS) is 14.1. The van der Waals surface area contributed by atoms with E-state index in [2.05, 4.69) is 15.6 Å². The number of anilines is 2. The second-order valence-electron chi connectivity index (χ2n) is 8.13. The Morgan fingerprint density at radius 2 is 1.94 bits per heavy atom. The van der Waals surface area contributed by atoms with Crippen molar-refractivity contribution in [1.82, 2.24) is 19.7 Å². The highest BCUT2D eigenvalue weighted by molar-refractivity contribution is 5.93. The summed E-state index contributed by atoms with van der Waals surface area (Å²) in [5.41, 5.74) is 8.87. The molecule has 34 heavy (non-hydrogen) atoms. The zero-order valence-corrected chi connectivity index (χ0v) is 18.8. The smallest absolute Gasteiger partial charge is 0.248 e. The Morgan fingerprint density at radius 1 is 1.15 bits per heavy atom. The van der Waals surface area contributed by atoms with Gasteiger partial charge < -0.3 is 30.2 Å². The summed E-state index contributed by atoms with van der Waals surface area (Å²) < 4.78 is 13.7. The molecule has 0 atom stereocenters. The Labute approximate surface area is 196 Å². The molecule has 1 aliphatic heterocycles. The predicted octanol–water partition coefficient (Wildman–Crippen LogP) is 3.38. The van der Waals surface area contributed by atoms with Gasteiger partial charge in [-0.05, 0) is 50.2 Å². The minimum absolute atomic E-state index is 0.179. The average molecular weight is 459 g/mol. The fourth-order valence-corrected chi connectivity index (χ4v) is 4.03. The minimum Gasteiger partial charge on any atom is -0.493 e. The van der Waals surface area contributed by atoms with E-state index in [-0.39, 0.29) is 6.10 Å². The van der Waals surface area contributed by atoms with Gasteiger partial charge in [0.1, 0.15) is 6.10 Å². The van der Waals surface area contributed by atoms with Gasteiger partial charge in [-0.3, -0.25) is 4.79 Å². The molecule has 3 heterocycles. The number of rotatable bonds is 7. The van der Waals surface area contributed by atoms with Gasteiger partial charge in [-0.15, -0.1) is 0 Å².